The Morgan fingerprint density at radius 3 is 2.41 bits per heavy atom. The first kappa shape index (κ1) is 23.0. The summed E-state index contributed by atoms with van der Waals surface area (Å²) in [6, 6.07) is 14.7. The maximum Gasteiger partial charge on any atom is 0.274 e. The lowest BCUT2D eigenvalue weighted by Gasteiger charge is -2.35. The molecule has 2 aliphatic rings. The lowest BCUT2D eigenvalue weighted by Crippen LogP contribution is -2.48. The minimum absolute atomic E-state index is 0.156. The first-order chi connectivity index (χ1) is 16.4. The Labute approximate surface area is 212 Å². The van der Waals surface area contributed by atoms with Crippen LogP contribution in [0.5, 0.6) is 0 Å². The van der Waals surface area contributed by atoms with Gasteiger partial charge in [0.15, 0.2) is 5.69 Å². The first-order valence-electron chi connectivity index (χ1n) is 11.0. The number of hydrogen-bond donors (Lipinski definition) is 0. The van der Waals surface area contributed by atoms with Gasteiger partial charge in [0, 0.05) is 56.0 Å². The highest BCUT2D eigenvalue weighted by molar-refractivity contribution is 6.42. The van der Waals surface area contributed by atoms with Gasteiger partial charge >= 0.3 is 0 Å². The summed E-state index contributed by atoms with van der Waals surface area (Å²) in [4.78, 5) is 31.9. The van der Waals surface area contributed by atoms with Crippen LogP contribution in [-0.2, 0) is 13.1 Å². The summed E-state index contributed by atoms with van der Waals surface area (Å²) in [6.45, 7) is 4.00. The topological polar surface area (TPSA) is 61.7 Å². The maximum absolute atomic E-state index is 13.1. The Bertz CT molecular complexity index is 1250. The molecule has 7 nitrogen and oxygen atoms in total. The number of anilines is 1. The molecule has 10 heteroatoms. The van der Waals surface area contributed by atoms with Crippen LogP contribution < -0.4 is 4.90 Å². The maximum atomic E-state index is 13.1. The number of fused-ring (bicyclic) bond motifs is 1. The van der Waals surface area contributed by atoms with Gasteiger partial charge in [-0.2, -0.15) is 5.10 Å². The number of piperazine rings is 1. The van der Waals surface area contributed by atoms with Crippen molar-refractivity contribution in [3.8, 4) is 0 Å². The lowest BCUT2D eigenvalue weighted by molar-refractivity contribution is 0.0680. The Morgan fingerprint density at radius 2 is 1.68 bits per heavy atom. The molecular formula is C24H22Cl3N5O2. The summed E-state index contributed by atoms with van der Waals surface area (Å²) in [5.41, 5.74) is 2.66. The molecule has 1 saturated heterocycles. The van der Waals surface area contributed by atoms with Crippen molar-refractivity contribution in [3.63, 3.8) is 0 Å². The molecule has 0 radical (unpaired) electrons. The van der Waals surface area contributed by atoms with Gasteiger partial charge in [-0.05, 0) is 35.9 Å². The molecule has 0 atom stereocenters. The van der Waals surface area contributed by atoms with Crippen LogP contribution in [-0.4, -0.2) is 64.1 Å². The van der Waals surface area contributed by atoms with Crippen LogP contribution in [0.1, 0.15) is 26.5 Å². The second-order valence-electron chi connectivity index (χ2n) is 8.37. The van der Waals surface area contributed by atoms with Crippen LogP contribution in [0.15, 0.2) is 48.5 Å². The highest BCUT2D eigenvalue weighted by Crippen LogP contribution is 2.25. The second kappa shape index (κ2) is 9.49. The monoisotopic (exact) mass is 517 g/mol. The highest BCUT2D eigenvalue weighted by atomic mass is 35.5. The zero-order chi connectivity index (χ0) is 23.8. The van der Waals surface area contributed by atoms with E-state index in [1.807, 2.05) is 30.3 Å². The smallest absolute Gasteiger partial charge is 0.274 e. The van der Waals surface area contributed by atoms with Crippen molar-refractivity contribution in [1.82, 2.24) is 19.6 Å². The van der Waals surface area contributed by atoms with Gasteiger partial charge in [0.2, 0.25) is 0 Å². The molecule has 0 aliphatic carbocycles. The molecule has 0 spiro atoms. The van der Waals surface area contributed by atoms with E-state index < -0.39 is 0 Å². The largest absolute Gasteiger partial charge is 0.368 e. The van der Waals surface area contributed by atoms with Gasteiger partial charge < -0.3 is 14.7 Å². The number of carbonyl (C=O) groups excluding carboxylic acids is 2. The molecule has 1 fully saturated rings. The van der Waals surface area contributed by atoms with Gasteiger partial charge in [-0.25, -0.2) is 0 Å². The van der Waals surface area contributed by atoms with E-state index in [-0.39, 0.29) is 11.8 Å². The van der Waals surface area contributed by atoms with Crippen LogP contribution in [0.4, 0.5) is 5.69 Å². The molecule has 0 saturated carbocycles. The molecule has 2 amide bonds. The lowest BCUT2D eigenvalue weighted by atomic mass is 10.2. The third-order valence-corrected chi connectivity index (χ3v) is 7.16. The molecule has 2 aliphatic heterocycles. The van der Waals surface area contributed by atoms with Gasteiger partial charge in [0.05, 0.1) is 16.6 Å². The predicted octanol–water partition coefficient (Wildman–Crippen LogP) is 4.46. The predicted molar refractivity (Wildman–Crippen MR) is 133 cm³/mol. The van der Waals surface area contributed by atoms with Crippen molar-refractivity contribution < 1.29 is 9.59 Å². The average Bonchev–Trinajstić information content (AvgIpc) is 3.28. The summed E-state index contributed by atoms with van der Waals surface area (Å²) in [5, 5.41) is 6.07. The molecule has 1 aromatic heterocycles. The fourth-order valence-electron chi connectivity index (χ4n) is 4.35. The molecular weight excluding hydrogens is 497 g/mol. The number of rotatable bonds is 4. The molecule has 3 heterocycles. The number of aromatic nitrogens is 2. The van der Waals surface area contributed by atoms with Crippen molar-refractivity contribution in [1.29, 1.82) is 0 Å². The van der Waals surface area contributed by atoms with E-state index in [1.165, 1.54) is 0 Å². The van der Waals surface area contributed by atoms with Gasteiger partial charge in [-0.15, -0.1) is 0 Å². The average molecular weight is 519 g/mol. The van der Waals surface area contributed by atoms with Gasteiger partial charge in [0.1, 0.15) is 5.69 Å². The molecule has 3 aromatic rings. The molecule has 2 aromatic carbocycles. The van der Waals surface area contributed by atoms with Crippen LogP contribution >= 0.6 is 34.8 Å². The zero-order valence-corrected chi connectivity index (χ0v) is 20.5. The third-order valence-electron chi connectivity index (χ3n) is 6.18. The number of benzene rings is 2. The second-order valence-corrected chi connectivity index (χ2v) is 9.62. The van der Waals surface area contributed by atoms with Crippen LogP contribution in [0, 0.1) is 0 Å². The van der Waals surface area contributed by atoms with E-state index in [0.29, 0.717) is 72.3 Å². The minimum atomic E-state index is -0.158. The summed E-state index contributed by atoms with van der Waals surface area (Å²) < 4.78 is 1.63. The number of hydrogen-bond acceptors (Lipinski definition) is 4. The zero-order valence-electron chi connectivity index (χ0n) is 18.3. The third kappa shape index (κ3) is 4.60. The Kier molecular flexibility index (Phi) is 6.42. The summed E-state index contributed by atoms with van der Waals surface area (Å²) in [5.74, 6) is -0.314. The number of amides is 2. The Morgan fingerprint density at radius 1 is 0.882 bits per heavy atom. The van der Waals surface area contributed by atoms with Crippen molar-refractivity contribution >= 4 is 52.3 Å². The first-order valence-corrected chi connectivity index (χ1v) is 12.1. The van der Waals surface area contributed by atoms with Crippen molar-refractivity contribution in [2.24, 2.45) is 0 Å². The normalized spacial score (nSPS) is 16.1. The van der Waals surface area contributed by atoms with E-state index in [0.717, 1.165) is 11.3 Å². The van der Waals surface area contributed by atoms with Gasteiger partial charge in [-0.3, -0.25) is 14.3 Å². The number of nitrogens with zero attached hydrogens (tertiary/aromatic N) is 5. The van der Waals surface area contributed by atoms with E-state index in [2.05, 4.69) is 10.00 Å². The van der Waals surface area contributed by atoms with E-state index in [4.69, 9.17) is 34.8 Å². The van der Waals surface area contributed by atoms with Crippen molar-refractivity contribution in [2.45, 2.75) is 13.1 Å². The van der Waals surface area contributed by atoms with E-state index in [1.54, 1.807) is 32.7 Å². The van der Waals surface area contributed by atoms with E-state index >= 15 is 0 Å². The molecule has 5 rings (SSSR count). The number of halogens is 3. The standard InChI is InChI=1S/C24H22Cl3N5O2/c25-17-2-1-3-18(13-17)29-6-8-30(9-7-29)23(33)21-14-22-24(34)31(10-11-32(22)28-21)15-16-4-5-19(26)20(27)12-16/h1-5,12-14H,6-11,15H2. The Hall–Kier alpha value is -2.74. The Balaban J connectivity index is 1.25. The quantitative estimate of drug-likeness (QED) is 0.512. The highest BCUT2D eigenvalue weighted by Gasteiger charge is 2.30. The van der Waals surface area contributed by atoms with Gasteiger partial charge in [0.25, 0.3) is 11.8 Å². The van der Waals surface area contributed by atoms with Crippen LogP contribution in [0.3, 0.4) is 0 Å². The van der Waals surface area contributed by atoms with Gasteiger partial charge in [-0.1, -0.05) is 46.9 Å². The molecule has 34 heavy (non-hydrogen) atoms. The van der Waals surface area contributed by atoms with Crippen molar-refractivity contribution in [3.05, 3.63) is 80.6 Å². The minimum Gasteiger partial charge on any atom is -0.368 e. The molecule has 176 valence electrons. The molecule has 0 bridgehead atoms. The molecule has 0 unspecified atom stereocenters. The SMILES string of the molecule is O=C(c1cc2n(n1)CCN(Cc1ccc(Cl)c(Cl)c1)C2=O)N1CCN(c2cccc(Cl)c2)CC1. The summed E-state index contributed by atoms with van der Waals surface area (Å²) in [7, 11) is 0. The summed E-state index contributed by atoms with van der Waals surface area (Å²) in [6.07, 6.45) is 0. The number of carbonyl (C=O) groups is 2. The summed E-state index contributed by atoms with van der Waals surface area (Å²) >= 11 is 18.2. The fourth-order valence-corrected chi connectivity index (χ4v) is 4.86. The van der Waals surface area contributed by atoms with Crippen LogP contribution in [0.2, 0.25) is 15.1 Å². The van der Waals surface area contributed by atoms with E-state index in [9.17, 15) is 9.59 Å². The fraction of sp³-hybridized carbons (Fsp3) is 0.292. The van der Waals surface area contributed by atoms with Crippen molar-refractivity contribution in [2.75, 3.05) is 37.6 Å². The molecule has 0 N–H and O–H groups in total. The van der Waals surface area contributed by atoms with Crippen LogP contribution in [0.25, 0.3) is 0 Å².